The van der Waals surface area contributed by atoms with Gasteiger partial charge >= 0.3 is 5.76 Å². The van der Waals surface area contributed by atoms with Crippen LogP contribution >= 0.6 is 0 Å². The molecule has 1 aromatic carbocycles. The lowest BCUT2D eigenvalue weighted by atomic mass is 10.3. The third-order valence-corrected chi connectivity index (χ3v) is 3.78. The number of anilines is 1. The summed E-state index contributed by atoms with van der Waals surface area (Å²) in [4.78, 5) is 1.29. The lowest BCUT2D eigenvalue weighted by Gasteiger charge is -2.21. The van der Waals surface area contributed by atoms with Gasteiger partial charge in [0.25, 0.3) is 0 Å². The van der Waals surface area contributed by atoms with Gasteiger partial charge in [-0.15, -0.1) is 0 Å². The fraction of sp³-hybridized carbons (Fsp3) is 0.455. The van der Waals surface area contributed by atoms with E-state index in [1.807, 2.05) is 0 Å². The molecule has 0 bridgehead atoms. The van der Waals surface area contributed by atoms with Gasteiger partial charge in [-0.05, 0) is 31.2 Å². The molecule has 18 heavy (non-hydrogen) atoms. The minimum absolute atomic E-state index is 0.362. The van der Waals surface area contributed by atoms with Gasteiger partial charge in [-0.1, -0.05) is 0 Å². The number of aliphatic hydroxyl groups is 1. The van der Waals surface area contributed by atoms with Gasteiger partial charge in [0.2, 0.25) is 9.84 Å². The van der Waals surface area contributed by atoms with Gasteiger partial charge in [-0.3, -0.25) is 0 Å². The minimum Gasteiger partial charge on any atom is -0.392 e. The molecule has 0 aliphatic heterocycles. The van der Waals surface area contributed by atoms with Crippen molar-refractivity contribution in [3.63, 3.8) is 0 Å². The molecule has 0 spiro atoms. The van der Waals surface area contributed by atoms with Crippen LogP contribution in [0.2, 0.25) is 0 Å². The van der Waals surface area contributed by atoms with Crippen LogP contribution in [0.4, 0.5) is 14.5 Å². The standard InChI is InChI=1S/C11H15F2NO3S/c1-8(15)7-14(2)9-3-5-10(6-4-9)18(16,17)11(12)13/h3-6,8,11,15H,7H2,1-2H3. The maximum absolute atomic E-state index is 12.3. The van der Waals surface area contributed by atoms with Crippen molar-refractivity contribution >= 4 is 15.5 Å². The Bertz CT molecular complexity index is 486. The van der Waals surface area contributed by atoms with Gasteiger partial charge in [0.1, 0.15) is 0 Å². The zero-order chi connectivity index (χ0) is 13.9. The second-order valence-electron chi connectivity index (χ2n) is 4.03. The Morgan fingerprint density at radius 2 is 1.78 bits per heavy atom. The van der Waals surface area contributed by atoms with Crippen molar-refractivity contribution in [2.45, 2.75) is 23.7 Å². The van der Waals surface area contributed by atoms with E-state index in [0.29, 0.717) is 12.2 Å². The average Bonchev–Trinajstić information content (AvgIpc) is 2.28. The SMILES string of the molecule is CC(O)CN(C)c1ccc(S(=O)(=O)C(F)F)cc1. The molecule has 0 heterocycles. The van der Waals surface area contributed by atoms with E-state index < -0.39 is 26.6 Å². The number of rotatable bonds is 5. The zero-order valence-corrected chi connectivity index (χ0v) is 10.9. The first-order valence-electron chi connectivity index (χ1n) is 5.26. The third kappa shape index (κ3) is 3.39. The van der Waals surface area contributed by atoms with Crippen LogP contribution in [0.1, 0.15) is 6.92 Å². The summed E-state index contributed by atoms with van der Waals surface area (Å²) < 4.78 is 47.0. The molecule has 0 amide bonds. The number of aliphatic hydroxyl groups excluding tert-OH is 1. The van der Waals surface area contributed by atoms with Gasteiger partial charge in [0.15, 0.2) is 0 Å². The molecule has 1 atom stereocenters. The first-order valence-corrected chi connectivity index (χ1v) is 6.81. The van der Waals surface area contributed by atoms with Crippen LogP contribution in [0.15, 0.2) is 29.2 Å². The van der Waals surface area contributed by atoms with Crippen molar-refractivity contribution in [2.75, 3.05) is 18.5 Å². The molecule has 1 aromatic rings. The average molecular weight is 279 g/mol. The molecule has 0 radical (unpaired) electrons. The lowest BCUT2D eigenvalue weighted by molar-refractivity contribution is 0.201. The summed E-state index contributed by atoms with van der Waals surface area (Å²) in [5.41, 5.74) is 0.643. The Kier molecular flexibility index (Phi) is 4.64. The van der Waals surface area contributed by atoms with Crippen molar-refractivity contribution in [2.24, 2.45) is 0 Å². The normalized spacial score (nSPS) is 13.7. The molecule has 4 nitrogen and oxygen atoms in total. The molecule has 0 fully saturated rings. The van der Waals surface area contributed by atoms with Gasteiger partial charge < -0.3 is 10.0 Å². The summed E-state index contributed by atoms with van der Waals surface area (Å²) in [7, 11) is -2.83. The molecule has 1 unspecified atom stereocenters. The van der Waals surface area contributed by atoms with Crippen LogP contribution in [0, 0.1) is 0 Å². The molecule has 0 aromatic heterocycles. The van der Waals surface area contributed by atoms with Gasteiger partial charge in [0.05, 0.1) is 11.0 Å². The molecule has 0 saturated heterocycles. The number of hydrogen-bond acceptors (Lipinski definition) is 4. The second-order valence-corrected chi connectivity index (χ2v) is 5.95. The summed E-state index contributed by atoms with van der Waals surface area (Å²) >= 11 is 0. The molecule has 1 rings (SSSR count). The van der Waals surface area contributed by atoms with Crippen molar-refractivity contribution < 1.29 is 22.3 Å². The highest BCUT2D eigenvalue weighted by Gasteiger charge is 2.26. The number of nitrogens with zero attached hydrogens (tertiary/aromatic N) is 1. The number of hydrogen-bond donors (Lipinski definition) is 1. The summed E-state index contributed by atoms with van der Waals surface area (Å²) in [6.45, 7) is 1.98. The van der Waals surface area contributed by atoms with Gasteiger partial charge in [0, 0.05) is 19.3 Å². The second kappa shape index (κ2) is 5.62. The van der Waals surface area contributed by atoms with E-state index in [-0.39, 0.29) is 0 Å². The third-order valence-electron chi connectivity index (χ3n) is 2.38. The molecule has 0 aliphatic carbocycles. The number of alkyl halides is 2. The Morgan fingerprint density at radius 1 is 1.28 bits per heavy atom. The van der Waals surface area contributed by atoms with Crippen molar-refractivity contribution in [1.29, 1.82) is 0 Å². The van der Waals surface area contributed by atoms with Crippen LogP contribution in [0.3, 0.4) is 0 Å². The fourth-order valence-corrected chi connectivity index (χ4v) is 2.22. The molecule has 0 aliphatic rings. The first kappa shape index (κ1) is 14.8. The van der Waals surface area contributed by atoms with E-state index in [0.717, 1.165) is 12.1 Å². The first-order chi connectivity index (χ1) is 8.25. The molecular formula is C11H15F2NO3S. The van der Waals surface area contributed by atoms with E-state index in [9.17, 15) is 22.3 Å². The largest absolute Gasteiger partial charge is 0.392 e. The summed E-state index contributed by atoms with van der Waals surface area (Å²) in [5.74, 6) is -3.42. The highest BCUT2D eigenvalue weighted by Crippen LogP contribution is 2.21. The summed E-state index contributed by atoms with van der Waals surface area (Å²) in [5, 5.41) is 9.20. The smallest absolute Gasteiger partial charge is 0.341 e. The van der Waals surface area contributed by atoms with E-state index in [4.69, 9.17) is 0 Å². The summed E-state index contributed by atoms with van der Waals surface area (Å²) in [6.07, 6.45) is -0.542. The van der Waals surface area contributed by atoms with E-state index >= 15 is 0 Å². The van der Waals surface area contributed by atoms with Gasteiger partial charge in [-0.2, -0.15) is 8.78 Å². The van der Waals surface area contributed by atoms with Crippen LogP contribution in [-0.2, 0) is 9.84 Å². The number of benzene rings is 1. The Labute approximate surface area is 105 Å². The molecule has 1 N–H and O–H groups in total. The van der Waals surface area contributed by atoms with Crippen LogP contribution < -0.4 is 4.90 Å². The number of halogens is 2. The fourth-order valence-electron chi connectivity index (χ4n) is 1.49. The van der Waals surface area contributed by atoms with Gasteiger partial charge in [-0.25, -0.2) is 8.42 Å². The van der Waals surface area contributed by atoms with E-state index in [2.05, 4.69) is 0 Å². The maximum Gasteiger partial charge on any atom is 0.341 e. The Balaban J connectivity index is 2.94. The number of likely N-dealkylation sites (N-methyl/N-ethyl adjacent to an activating group) is 1. The van der Waals surface area contributed by atoms with Crippen LogP contribution in [0.25, 0.3) is 0 Å². The van der Waals surface area contributed by atoms with Crippen LogP contribution in [0.5, 0.6) is 0 Å². The zero-order valence-electron chi connectivity index (χ0n) is 10.0. The predicted octanol–water partition coefficient (Wildman–Crippen LogP) is 1.50. The quantitative estimate of drug-likeness (QED) is 0.887. The maximum atomic E-state index is 12.3. The number of sulfone groups is 1. The Hall–Kier alpha value is -1.21. The lowest BCUT2D eigenvalue weighted by Crippen LogP contribution is -2.26. The molecular weight excluding hydrogens is 264 g/mol. The Morgan fingerprint density at radius 3 is 2.17 bits per heavy atom. The van der Waals surface area contributed by atoms with E-state index in [1.165, 1.54) is 12.1 Å². The topological polar surface area (TPSA) is 57.6 Å². The molecule has 102 valence electrons. The highest BCUT2D eigenvalue weighted by atomic mass is 32.2. The molecule has 7 heteroatoms. The summed E-state index contributed by atoms with van der Waals surface area (Å²) in [6, 6.07) is 5.13. The minimum atomic E-state index is -4.54. The van der Waals surface area contributed by atoms with Crippen molar-refractivity contribution in [3.8, 4) is 0 Å². The van der Waals surface area contributed by atoms with Crippen LogP contribution in [-0.4, -0.2) is 39.0 Å². The monoisotopic (exact) mass is 279 g/mol. The molecule has 0 saturated carbocycles. The predicted molar refractivity (Wildman–Crippen MR) is 64.6 cm³/mol. The van der Waals surface area contributed by atoms with Crippen molar-refractivity contribution in [1.82, 2.24) is 0 Å². The highest BCUT2D eigenvalue weighted by molar-refractivity contribution is 7.91. The van der Waals surface area contributed by atoms with E-state index in [1.54, 1.807) is 18.9 Å². The van der Waals surface area contributed by atoms with Crippen molar-refractivity contribution in [3.05, 3.63) is 24.3 Å².